The van der Waals surface area contributed by atoms with E-state index in [1.165, 1.54) is 32.1 Å². The van der Waals surface area contributed by atoms with Gasteiger partial charge in [-0.15, -0.1) is 0 Å². The van der Waals surface area contributed by atoms with Crippen molar-refractivity contribution in [1.29, 1.82) is 0 Å². The number of hydrogen-bond acceptors (Lipinski definition) is 3. The molecule has 0 bridgehead atoms. The molecule has 90 valence electrons. The van der Waals surface area contributed by atoms with Crippen molar-refractivity contribution in [1.82, 2.24) is 4.90 Å². The summed E-state index contributed by atoms with van der Waals surface area (Å²) in [5.74, 6) is 0. The molecule has 0 amide bonds. The predicted molar refractivity (Wildman–Crippen MR) is 64.0 cm³/mol. The zero-order valence-corrected chi connectivity index (χ0v) is 10.2. The second kappa shape index (κ2) is 7.20. The van der Waals surface area contributed by atoms with Crippen LogP contribution in [0.2, 0.25) is 0 Å². The van der Waals surface area contributed by atoms with E-state index in [2.05, 4.69) is 11.9 Å². The highest BCUT2D eigenvalue weighted by Gasteiger charge is 2.23. The molecule has 0 radical (unpaired) electrons. The van der Waals surface area contributed by atoms with Crippen LogP contribution in [-0.2, 0) is 4.74 Å². The van der Waals surface area contributed by atoms with E-state index in [4.69, 9.17) is 10.5 Å². The van der Waals surface area contributed by atoms with E-state index >= 15 is 0 Å². The molecular formula is C12H26N2O. The minimum Gasteiger partial charge on any atom is -0.385 e. The Morgan fingerprint density at radius 3 is 2.73 bits per heavy atom. The molecule has 3 nitrogen and oxygen atoms in total. The van der Waals surface area contributed by atoms with Crippen molar-refractivity contribution < 1.29 is 4.74 Å². The average molecular weight is 214 g/mol. The maximum absolute atomic E-state index is 6.21. The molecule has 15 heavy (non-hydrogen) atoms. The summed E-state index contributed by atoms with van der Waals surface area (Å²) in [6.07, 6.45) is 7.58. The number of nitrogens with zero attached hydrogens (tertiary/aromatic N) is 1. The van der Waals surface area contributed by atoms with Crippen LogP contribution >= 0.6 is 0 Å². The molecule has 0 aromatic rings. The quantitative estimate of drug-likeness (QED) is 0.558. The van der Waals surface area contributed by atoms with Crippen LogP contribution < -0.4 is 5.73 Å². The van der Waals surface area contributed by atoms with Gasteiger partial charge >= 0.3 is 0 Å². The molecule has 2 unspecified atom stereocenters. The van der Waals surface area contributed by atoms with E-state index in [9.17, 15) is 0 Å². The molecule has 0 aromatic carbocycles. The smallest absolute Gasteiger partial charge is 0.0474 e. The Bertz CT molecular complexity index is 164. The molecule has 0 aliphatic heterocycles. The summed E-state index contributed by atoms with van der Waals surface area (Å²) in [6.45, 7) is 1.96. The largest absolute Gasteiger partial charge is 0.385 e. The fourth-order valence-electron chi connectivity index (χ4n) is 2.49. The van der Waals surface area contributed by atoms with Crippen LogP contribution in [0.4, 0.5) is 0 Å². The van der Waals surface area contributed by atoms with E-state index in [-0.39, 0.29) is 0 Å². The molecule has 0 aromatic heterocycles. The SMILES string of the molecule is COCCCN(C)C1CCCCCC1N. The van der Waals surface area contributed by atoms with Crippen molar-refractivity contribution in [3.05, 3.63) is 0 Å². The Balaban J connectivity index is 2.31. The molecule has 1 saturated carbocycles. The van der Waals surface area contributed by atoms with Crippen LogP contribution in [0.15, 0.2) is 0 Å². The normalized spacial score (nSPS) is 28.0. The van der Waals surface area contributed by atoms with Crippen molar-refractivity contribution in [2.24, 2.45) is 5.73 Å². The molecule has 2 atom stereocenters. The lowest BCUT2D eigenvalue weighted by Crippen LogP contribution is -2.45. The number of methoxy groups -OCH3 is 1. The molecule has 1 fully saturated rings. The van der Waals surface area contributed by atoms with E-state index < -0.39 is 0 Å². The van der Waals surface area contributed by atoms with Crippen molar-refractivity contribution in [2.75, 3.05) is 27.3 Å². The van der Waals surface area contributed by atoms with Gasteiger partial charge in [0.1, 0.15) is 0 Å². The Morgan fingerprint density at radius 1 is 1.27 bits per heavy atom. The Labute approximate surface area is 94.0 Å². The summed E-state index contributed by atoms with van der Waals surface area (Å²) in [7, 11) is 3.96. The standard InChI is InChI=1S/C12H26N2O/c1-14(9-6-10-15-2)12-8-5-3-4-7-11(12)13/h11-12H,3-10,13H2,1-2H3. The van der Waals surface area contributed by atoms with Gasteiger partial charge in [-0.25, -0.2) is 0 Å². The van der Waals surface area contributed by atoms with E-state index in [0.717, 1.165) is 19.6 Å². The second-order valence-corrected chi connectivity index (χ2v) is 4.70. The average Bonchev–Trinajstić information content (AvgIpc) is 2.43. The first kappa shape index (κ1) is 12.9. The van der Waals surface area contributed by atoms with Crippen LogP contribution in [0.25, 0.3) is 0 Å². The maximum Gasteiger partial charge on any atom is 0.0474 e. The van der Waals surface area contributed by atoms with Crippen LogP contribution in [0.1, 0.15) is 38.5 Å². The zero-order chi connectivity index (χ0) is 11.1. The molecule has 1 rings (SSSR count). The van der Waals surface area contributed by atoms with Gasteiger partial charge in [-0.2, -0.15) is 0 Å². The Kier molecular flexibility index (Phi) is 6.22. The predicted octanol–water partition coefficient (Wildman–Crippen LogP) is 1.61. The van der Waals surface area contributed by atoms with E-state index in [0.29, 0.717) is 12.1 Å². The van der Waals surface area contributed by atoms with Crippen LogP contribution in [0.5, 0.6) is 0 Å². The number of nitrogens with two attached hydrogens (primary N) is 1. The highest BCUT2D eigenvalue weighted by molar-refractivity contribution is 4.83. The summed E-state index contributed by atoms with van der Waals surface area (Å²) in [6, 6.07) is 0.962. The van der Waals surface area contributed by atoms with Crippen molar-refractivity contribution in [2.45, 2.75) is 50.6 Å². The lowest BCUT2D eigenvalue weighted by molar-refractivity contribution is 0.153. The van der Waals surface area contributed by atoms with Gasteiger partial charge in [-0.1, -0.05) is 19.3 Å². The molecule has 1 aliphatic rings. The molecule has 0 heterocycles. The fraction of sp³-hybridized carbons (Fsp3) is 1.00. The first-order valence-electron chi connectivity index (χ1n) is 6.20. The highest BCUT2D eigenvalue weighted by Crippen LogP contribution is 2.20. The third-order valence-corrected chi connectivity index (χ3v) is 3.46. The summed E-state index contributed by atoms with van der Waals surface area (Å²) in [4.78, 5) is 2.43. The van der Waals surface area contributed by atoms with Crippen molar-refractivity contribution in [3.8, 4) is 0 Å². The molecular weight excluding hydrogens is 188 g/mol. The van der Waals surface area contributed by atoms with Gasteiger partial charge in [-0.3, -0.25) is 0 Å². The first-order valence-corrected chi connectivity index (χ1v) is 6.20. The third kappa shape index (κ3) is 4.49. The highest BCUT2D eigenvalue weighted by atomic mass is 16.5. The topological polar surface area (TPSA) is 38.5 Å². The van der Waals surface area contributed by atoms with Crippen molar-refractivity contribution in [3.63, 3.8) is 0 Å². The van der Waals surface area contributed by atoms with E-state index in [1.54, 1.807) is 7.11 Å². The lowest BCUT2D eigenvalue weighted by atomic mass is 10.0. The van der Waals surface area contributed by atoms with Gasteiger partial charge in [0, 0.05) is 32.3 Å². The van der Waals surface area contributed by atoms with Gasteiger partial charge in [0.2, 0.25) is 0 Å². The number of likely N-dealkylation sites (N-methyl/N-ethyl adjacent to an activating group) is 1. The molecule has 3 heteroatoms. The van der Waals surface area contributed by atoms with Gasteiger partial charge in [-0.05, 0) is 26.3 Å². The fourth-order valence-corrected chi connectivity index (χ4v) is 2.49. The Hall–Kier alpha value is -0.120. The second-order valence-electron chi connectivity index (χ2n) is 4.70. The van der Waals surface area contributed by atoms with Gasteiger partial charge in [0.15, 0.2) is 0 Å². The lowest BCUT2D eigenvalue weighted by Gasteiger charge is -2.31. The molecule has 0 spiro atoms. The minimum atomic E-state index is 0.375. The summed E-state index contributed by atoms with van der Waals surface area (Å²) in [5.41, 5.74) is 6.21. The first-order chi connectivity index (χ1) is 7.25. The summed E-state index contributed by atoms with van der Waals surface area (Å²) >= 11 is 0. The van der Waals surface area contributed by atoms with E-state index in [1.807, 2.05) is 0 Å². The number of ether oxygens (including phenoxy) is 1. The monoisotopic (exact) mass is 214 g/mol. The molecule has 0 saturated heterocycles. The van der Waals surface area contributed by atoms with Gasteiger partial charge in [0.25, 0.3) is 0 Å². The molecule has 1 aliphatic carbocycles. The zero-order valence-electron chi connectivity index (χ0n) is 10.2. The summed E-state index contributed by atoms with van der Waals surface area (Å²) in [5, 5.41) is 0. The number of hydrogen-bond donors (Lipinski definition) is 1. The maximum atomic E-state index is 6.21. The minimum absolute atomic E-state index is 0.375. The van der Waals surface area contributed by atoms with Gasteiger partial charge < -0.3 is 15.4 Å². The molecule has 2 N–H and O–H groups in total. The van der Waals surface area contributed by atoms with Crippen LogP contribution in [-0.4, -0.2) is 44.3 Å². The summed E-state index contributed by atoms with van der Waals surface area (Å²) < 4.78 is 5.07. The van der Waals surface area contributed by atoms with Crippen LogP contribution in [0, 0.1) is 0 Å². The Morgan fingerprint density at radius 2 is 2.00 bits per heavy atom. The van der Waals surface area contributed by atoms with Gasteiger partial charge in [0.05, 0.1) is 0 Å². The third-order valence-electron chi connectivity index (χ3n) is 3.46. The van der Waals surface area contributed by atoms with Crippen LogP contribution in [0.3, 0.4) is 0 Å². The number of rotatable bonds is 5. The van der Waals surface area contributed by atoms with Crippen molar-refractivity contribution >= 4 is 0 Å².